The van der Waals surface area contributed by atoms with Gasteiger partial charge in [-0.3, -0.25) is 0 Å². The largest absolute Gasteiger partial charge is 0.394 e. The van der Waals surface area contributed by atoms with E-state index in [0.717, 1.165) is 44.1 Å². The molecule has 6 aliphatic heterocycles. The summed E-state index contributed by atoms with van der Waals surface area (Å²) in [6, 6.07) is 0. The van der Waals surface area contributed by atoms with Crippen molar-refractivity contribution < 1.29 is 109 Å². The highest BCUT2D eigenvalue weighted by Crippen LogP contribution is 2.80. The molecule has 22 nitrogen and oxygen atoms in total. The Kier molecular flexibility index (Phi) is 15.5. The van der Waals surface area contributed by atoms with Crippen LogP contribution in [0.1, 0.15) is 107 Å². The van der Waals surface area contributed by atoms with Crippen LogP contribution in [0.4, 0.5) is 0 Å². The number of allylic oxidation sites excluding steroid dienone is 1. The van der Waals surface area contributed by atoms with Gasteiger partial charge in [-0.05, 0) is 100 Å². The number of hydrogen-bond donors (Lipinski definition) is 12. The summed E-state index contributed by atoms with van der Waals surface area (Å²) in [6.45, 7) is 15.7. The molecule has 22 heteroatoms. The first-order valence-corrected chi connectivity index (χ1v) is 27.4. The number of rotatable bonds is 11. The maximum atomic E-state index is 12.3. The third-order valence-corrected chi connectivity index (χ3v) is 20.8. The number of hydrogen-bond acceptors (Lipinski definition) is 22. The van der Waals surface area contributed by atoms with Gasteiger partial charge in [-0.1, -0.05) is 39.3 Å². The molecule has 2 bridgehead atoms. The Hall–Kier alpha value is -1.14. The fourth-order valence-electron chi connectivity index (χ4n) is 17.1. The average Bonchev–Trinajstić information content (AvgIpc) is 4.06. The predicted octanol–water partition coefficient (Wildman–Crippen LogP) is -1.18. The Morgan fingerprint density at radius 3 is 1.96 bits per heavy atom. The van der Waals surface area contributed by atoms with Crippen LogP contribution >= 0.6 is 0 Å². The van der Waals surface area contributed by atoms with E-state index < -0.39 is 153 Å². The topological polar surface area (TPSA) is 335 Å². The van der Waals surface area contributed by atoms with Gasteiger partial charge in [-0.2, -0.15) is 0 Å². The monoisotopic (exact) mass is 1070 g/mol. The Morgan fingerprint density at radius 2 is 1.28 bits per heavy atom. The fraction of sp³-hybridized carbons (Fsp3) is 0.962. The Morgan fingerprint density at radius 1 is 0.653 bits per heavy atom. The van der Waals surface area contributed by atoms with Gasteiger partial charge in [0.1, 0.15) is 85.5 Å². The van der Waals surface area contributed by atoms with Gasteiger partial charge in [0, 0.05) is 24.2 Å². The van der Waals surface area contributed by atoms with Crippen molar-refractivity contribution >= 4 is 0 Å². The molecule has 0 unspecified atom stereocenters. The molecule has 10 fully saturated rings. The van der Waals surface area contributed by atoms with Gasteiger partial charge in [0.05, 0.1) is 50.3 Å². The van der Waals surface area contributed by atoms with Crippen LogP contribution in [0.15, 0.2) is 11.6 Å². The Bertz CT molecular complexity index is 2060. The number of aliphatic hydroxyl groups excluding tert-OH is 11. The van der Waals surface area contributed by atoms with E-state index in [0.29, 0.717) is 25.4 Å². The second-order valence-corrected chi connectivity index (χ2v) is 25.8. The van der Waals surface area contributed by atoms with E-state index in [-0.39, 0.29) is 46.7 Å². The van der Waals surface area contributed by atoms with Crippen LogP contribution in [0.25, 0.3) is 0 Å². The van der Waals surface area contributed by atoms with E-state index in [4.69, 9.17) is 47.4 Å². The van der Waals surface area contributed by atoms with E-state index in [9.17, 15) is 61.3 Å². The van der Waals surface area contributed by atoms with E-state index in [2.05, 4.69) is 47.6 Å². The van der Waals surface area contributed by atoms with Crippen molar-refractivity contribution in [1.29, 1.82) is 0 Å². The molecule has 4 saturated carbocycles. The smallest absolute Gasteiger partial charge is 0.187 e. The normalized spacial score (nSPS) is 57.3. The molecule has 2 spiro atoms. The molecule has 4 aliphatic carbocycles. The lowest BCUT2D eigenvalue weighted by molar-refractivity contribution is -0.390. The van der Waals surface area contributed by atoms with Crippen molar-refractivity contribution in [2.45, 2.75) is 247 Å². The molecular formula is C53H86O22. The first-order valence-electron chi connectivity index (χ1n) is 27.4. The van der Waals surface area contributed by atoms with Crippen molar-refractivity contribution in [3.8, 4) is 0 Å². The molecule has 6 heterocycles. The zero-order valence-electron chi connectivity index (χ0n) is 44.4. The van der Waals surface area contributed by atoms with Crippen molar-refractivity contribution in [2.75, 3.05) is 26.4 Å². The maximum Gasteiger partial charge on any atom is 0.187 e. The Labute approximate surface area is 438 Å². The van der Waals surface area contributed by atoms with Gasteiger partial charge < -0.3 is 109 Å². The van der Waals surface area contributed by atoms with Gasteiger partial charge in [0.2, 0.25) is 0 Å². The first-order chi connectivity index (χ1) is 35.1. The van der Waals surface area contributed by atoms with Gasteiger partial charge in [-0.15, -0.1) is 0 Å². The third kappa shape index (κ3) is 9.16. The van der Waals surface area contributed by atoms with Crippen LogP contribution in [0, 0.1) is 45.3 Å². The maximum absolute atomic E-state index is 12.3. The highest BCUT2D eigenvalue weighted by atomic mass is 16.8. The quantitative estimate of drug-likeness (QED) is 0.0856. The van der Waals surface area contributed by atoms with Crippen LogP contribution in [0.3, 0.4) is 0 Å². The fourth-order valence-corrected chi connectivity index (χ4v) is 17.1. The van der Waals surface area contributed by atoms with Crippen LogP contribution in [-0.4, -0.2) is 228 Å². The first kappa shape index (κ1) is 57.1. The lowest BCUT2D eigenvalue weighted by Gasteiger charge is -2.70. The Balaban J connectivity index is 0.886. The van der Waals surface area contributed by atoms with E-state index in [1.54, 1.807) is 0 Å². The minimum atomic E-state index is -1.94. The van der Waals surface area contributed by atoms with Crippen LogP contribution < -0.4 is 0 Å². The SMILES string of the molecule is CC(C)=C[C@H]1C[C@](C)(O)[C@@H]2[C@H]3CC[C@@H]4[C@@]5(C)CC[C@H](O[C@@H]6OC[C@H](O)[C@H](O[C@@H]7O[C@H](CO[C@@H]8O[C@H](CO)[C@@H](O)[C@H](O)[C@H]8O)[C@@H](O)[C@H](O)[C@H]7O)[C@H]6O[C@@H]6O[C@@H](C)[C@H](O)[C@@H](O)[C@H]6O)C(C)(C)[C@@H]5CC[C@@]4(C)[C@@]34CO[C@@]2(C4)O1. The van der Waals surface area contributed by atoms with Crippen molar-refractivity contribution in [3.63, 3.8) is 0 Å². The van der Waals surface area contributed by atoms with Gasteiger partial charge >= 0.3 is 0 Å². The molecule has 6 saturated heterocycles. The molecule has 0 aromatic carbocycles. The molecule has 10 rings (SSSR count). The van der Waals surface area contributed by atoms with Crippen molar-refractivity contribution in [3.05, 3.63) is 11.6 Å². The second-order valence-electron chi connectivity index (χ2n) is 25.8. The van der Waals surface area contributed by atoms with E-state index in [1.165, 1.54) is 6.92 Å². The van der Waals surface area contributed by atoms with E-state index in [1.807, 2.05) is 6.92 Å². The second kappa shape index (κ2) is 20.4. The third-order valence-electron chi connectivity index (χ3n) is 20.8. The highest BCUT2D eigenvalue weighted by molar-refractivity contribution is 5.27. The molecular weight excluding hydrogens is 989 g/mol. The van der Waals surface area contributed by atoms with Gasteiger partial charge in [-0.25, -0.2) is 0 Å². The van der Waals surface area contributed by atoms with Crippen LogP contribution in [0.2, 0.25) is 0 Å². The standard InChI is InChI=1S/C53H86O22/c1-22(2)15-24-16-51(8,65)43-25-9-10-30-49(6)13-12-31(48(4,5)29(49)11-14-50(30,7)52(25)20-53(43,75-24)68-21-52)72-47-42(74-45-39(63)35(59)32(56)23(3)69-45)41(26(55)18-66-47)73-46-40(64)37(61)34(58)28(71-46)19-67-44-38(62)36(60)33(57)27(17-54)70-44/h15,23-47,54-65H,9-14,16-21H2,1-8H3/t23-,24-,25+,26-,27+,28+,29-,30+,31-,32-,33+,34+,35+,36-,37-,38+,39+,40+,41-,42+,43-,44+,45-,46-,47-,49-,50+,51-,52-,53-/m0/s1. The molecule has 0 amide bonds. The van der Waals surface area contributed by atoms with Crippen molar-refractivity contribution in [1.82, 2.24) is 0 Å². The number of fused-ring (bicyclic) bond motifs is 4. The molecule has 75 heavy (non-hydrogen) atoms. The van der Waals surface area contributed by atoms with Crippen molar-refractivity contribution in [2.24, 2.45) is 45.3 Å². The zero-order valence-corrected chi connectivity index (χ0v) is 44.4. The summed E-state index contributed by atoms with van der Waals surface area (Å²) in [5.74, 6) is -0.246. The van der Waals surface area contributed by atoms with E-state index >= 15 is 0 Å². The van der Waals surface area contributed by atoms with Gasteiger partial charge in [0.15, 0.2) is 30.9 Å². The summed E-state index contributed by atoms with van der Waals surface area (Å²) in [6.07, 6.45) is -22.8. The number of ether oxygens (including phenoxy) is 10. The summed E-state index contributed by atoms with van der Waals surface area (Å²) >= 11 is 0. The highest BCUT2D eigenvalue weighted by Gasteiger charge is 2.81. The predicted molar refractivity (Wildman–Crippen MR) is 256 cm³/mol. The lowest BCUT2D eigenvalue weighted by Crippen LogP contribution is -2.68. The summed E-state index contributed by atoms with van der Waals surface area (Å²) in [4.78, 5) is 0. The lowest BCUT2D eigenvalue weighted by atomic mass is 9.35. The molecule has 30 atom stereocenters. The molecule has 0 aromatic heterocycles. The van der Waals surface area contributed by atoms with Crippen LogP contribution in [-0.2, 0) is 47.4 Å². The zero-order chi connectivity index (χ0) is 54.3. The summed E-state index contributed by atoms with van der Waals surface area (Å²) < 4.78 is 62.8. The minimum absolute atomic E-state index is 0.111. The molecule has 0 radical (unpaired) electrons. The van der Waals surface area contributed by atoms with Gasteiger partial charge in [0.25, 0.3) is 0 Å². The molecule has 10 aliphatic rings. The molecule has 0 aromatic rings. The molecule has 430 valence electrons. The summed E-state index contributed by atoms with van der Waals surface area (Å²) in [5.41, 5.74) is -0.734. The number of aliphatic hydroxyl groups is 12. The summed E-state index contributed by atoms with van der Waals surface area (Å²) in [5, 5.41) is 131. The molecule has 12 N–H and O–H groups in total. The minimum Gasteiger partial charge on any atom is -0.394 e. The average molecular weight is 1080 g/mol. The summed E-state index contributed by atoms with van der Waals surface area (Å²) in [7, 11) is 0. The van der Waals surface area contributed by atoms with Crippen LogP contribution in [0.5, 0.6) is 0 Å².